The van der Waals surface area contributed by atoms with E-state index >= 15 is 0 Å². The summed E-state index contributed by atoms with van der Waals surface area (Å²) in [5.41, 5.74) is -1.34. The van der Waals surface area contributed by atoms with E-state index in [0.29, 0.717) is 0 Å². The summed E-state index contributed by atoms with van der Waals surface area (Å²) in [7, 11) is 0. The van der Waals surface area contributed by atoms with Crippen LogP contribution in [0.25, 0.3) is 0 Å². The van der Waals surface area contributed by atoms with E-state index in [2.05, 4.69) is 5.16 Å². The molecule has 0 unspecified atom stereocenters. The normalized spacial score (nSPS) is 12.0. The Balaban J connectivity index is 4.36. The fourth-order valence-electron chi connectivity index (χ4n) is 0.435. The van der Waals surface area contributed by atoms with E-state index in [9.17, 15) is 4.79 Å². The van der Waals surface area contributed by atoms with Crippen LogP contribution in [0.3, 0.4) is 0 Å². The molecular formula is C7H10N2O3. The predicted molar refractivity (Wildman–Crippen MR) is 40.7 cm³/mol. The quantitative estimate of drug-likeness (QED) is 0.271. The number of nitriles is 1. The van der Waals surface area contributed by atoms with Crippen LogP contribution in [0.1, 0.15) is 20.8 Å². The van der Waals surface area contributed by atoms with Gasteiger partial charge >= 0.3 is 5.97 Å². The topological polar surface area (TPSA) is 82.7 Å². The molecule has 0 bridgehead atoms. The SMILES string of the molecule is CC(C)(C)OC(=O)/C(C#N)=N/O. The molecule has 5 heteroatoms. The first-order chi connectivity index (χ1) is 5.40. The van der Waals surface area contributed by atoms with Crippen LogP contribution < -0.4 is 0 Å². The average Bonchev–Trinajstić information content (AvgIpc) is 1.85. The summed E-state index contributed by atoms with van der Waals surface area (Å²) in [5.74, 6) is -0.924. The van der Waals surface area contributed by atoms with E-state index in [1.807, 2.05) is 0 Å². The van der Waals surface area contributed by atoms with Gasteiger partial charge in [-0.2, -0.15) is 5.26 Å². The molecular weight excluding hydrogens is 160 g/mol. The van der Waals surface area contributed by atoms with Gasteiger partial charge < -0.3 is 9.94 Å². The van der Waals surface area contributed by atoms with Crippen molar-refractivity contribution in [1.82, 2.24) is 0 Å². The second kappa shape index (κ2) is 3.72. The average molecular weight is 170 g/mol. The summed E-state index contributed by atoms with van der Waals surface area (Å²) >= 11 is 0. The zero-order valence-corrected chi connectivity index (χ0v) is 7.16. The van der Waals surface area contributed by atoms with Crippen molar-refractivity contribution in [2.75, 3.05) is 0 Å². The van der Waals surface area contributed by atoms with E-state index < -0.39 is 17.3 Å². The second-order valence-corrected chi connectivity index (χ2v) is 3.06. The number of oxime groups is 1. The molecule has 66 valence electrons. The third-order valence-corrected chi connectivity index (χ3v) is 0.798. The molecule has 0 spiro atoms. The highest BCUT2D eigenvalue weighted by Crippen LogP contribution is 2.07. The summed E-state index contributed by atoms with van der Waals surface area (Å²) in [5, 5.41) is 18.9. The molecule has 0 atom stereocenters. The number of rotatable bonds is 1. The Bertz CT molecular complexity index is 244. The van der Waals surface area contributed by atoms with Gasteiger partial charge in [-0.05, 0) is 20.8 Å². The lowest BCUT2D eigenvalue weighted by Crippen LogP contribution is -2.28. The first-order valence-corrected chi connectivity index (χ1v) is 3.26. The molecule has 0 aromatic heterocycles. The monoisotopic (exact) mass is 170 g/mol. The molecule has 0 rings (SSSR count). The number of ether oxygens (including phenoxy) is 1. The molecule has 0 heterocycles. The van der Waals surface area contributed by atoms with Gasteiger partial charge in [0.2, 0.25) is 0 Å². The van der Waals surface area contributed by atoms with Gasteiger partial charge in [-0.15, -0.1) is 0 Å². The van der Waals surface area contributed by atoms with Crippen LogP contribution in [-0.4, -0.2) is 22.5 Å². The highest BCUT2D eigenvalue weighted by atomic mass is 16.6. The molecule has 0 fully saturated rings. The van der Waals surface area contributed by atoms with Crippen LogP contribution in [0.2, 0.25) is 0 Å². The minimum absolute atomic E-state index is 0.648. The summed E-state index contributed by atoms with van der Waals surface area (Å²) in [6, 6.07) is 1.40. The van der Waals surface area contributed by atoms with Gasteiger partial charge in [0.1, 0.15) is 11.7 Å². The van der Waals surface area contributed by atoms with Crippen molar-refractivity contribution in [2.24, 2.45) is 5.16 Å². The zero-order chi connectivity index (χ0) is 9.78. The minimum Gasteiger partial charge on any atom is -0.455 e. The third-order valence-electron chi connectivity index (χ3n) is 0.798. The number of hydrogen-bond acceptors (Lipinski definition) is 5. The molecule has 0 amide bonds. The smallest absolute Gasteiger partial charge is 0.371 e. The number of nitrogens with zero attached hydrogens (tertiary/aromatic N) is 2. The van der Waals surface area contributed by atoms with Gasteiger partial charge in [-0.3, -0.25) is 0 Å². The lowest BCUT2D eigenvalue weighted by atomic mass is 10.2. The Morgan fingerprint density at radius 3 is 2.33 bits per heavy atom. The van der Waals surface area contributed by atoms with Crippen molar-refractivity contribution >= 4 is 11.7 Å². The summed E-state index contributed by atoms with van der Waals surface area (Å²) < 4.78 is 4.73. The maximum Gasteiger partial charge on any atom is 0.371 e. The largest absolute Gasteiger partial charge is 0.455 e. The van der Waals surface area contributed by atoms with Crippen LogP contribution in [-0.2, 0) is 9.53 Å². The Morgan fingerprint density at radius 2 is 2.08 bits per heavy atom. The molecule has 12 heavy (non-hydrogen) atoms. The van der Waals surface area contributed by atoms with Crippen molar-refractivity contribution in [1.29, 1.82) is 5.26 Å². The lowest BCUT2D eigenvalue weighted by molar-refractivity contribution is -0.146. The number of hydrogen-bond donors (Lipinski definition) is 1. The molecule has 0 aromatic rings. The van der Waals surface area contributed by atoms with Crippen LogP contribution in [0, 0.1) is 11.3 Å². The molecule has 5 nitrogen and oxygen atoms in total. The zero-order valence-electron chi connectivity index (χ0n) is 7.16. The molecule has 0 saturated carbocycles. The number of carbonyl (C=O) groups is 1. The fraction of sp³-hybridized carbons (Fsp3) is 0.571. The molecule has 0 aromatic carbocycles. The molecule has 0 aliphatic carbocycles. The number of carbonyl (C=O) groups excluding carboxylic acids is 1. The standard InChI is InChI=1S/C7H10N2O3/c1-7(2,3)12-6(10)5(4-8)9-11/h11H,1-3H3/b9-5+. The van der Waals surface area contributed by atoms with Crippen molar-refractivity contribution < 1.29 is 14.7 Å². The minimum atomic E-state index is -0.924. The van der Waals surface area contributed by atoms with Crippen LogP contribution in [0.5, 0.6) is 0 Å². The predicted octanol–water partition coefficient (Wildman–Crippen LogP) is 0.682. The molecule has 0 aliphatic rings. The van der Waals surface area contributed by atoms with E-state index in [-0.39, 0.29) is 0 Å². The van der Waals surface area contributed by atoms with Crippen LogP contribution in [0.15, 0.2) is 5.16 Å². The van der Waals surface area contributed by atoms with Crippen molar-refractivity contribution in [3.8, 4) is 6.07 Å². The van der Waals surface area contributed by atoms with Crippen LogP contribution in [0.4, 0.5) is 0 Å². The number of esters is 1. The Hall–Kier alpha value is -1.57. The van der Waals surface area contributed by atoms with Crippen molar-refractivity contribution in [2.45, 2.75) is 26.4 Å². The Kier molecular flexibility index (Phi) is 3.23. The van der Waals surface area contributed by atoms with Gasteiger partial charge in [0.05, 0.1) is 0 Å². The van der Waals surface area contributed by atoms with Gasteiger partial charge in [0.15, 0.2) is 0 Å². The summed E-state index contributed by atoms with van der Waals surface area (Å²) in [6.07, 6.45) is 0. The first kappa shape index (κ1) is 10.4. The van der Waals surface area contributed by atoms with Crippen LogP contribution >= 0.6 is 0 Å². The molecule has 0 aliphatic heterocycles. The van der Waals surface area contributed by atoms with Crippen molar-refractivity contribution in [3.05, 3.63) is 0 Å². The summed E-state index contributed by atoms with van der Waals surface area (Å²) in [4.78, 5) is 10.9. The van der Waals surface area contributed by atoms with Gasteiger partial charge in [0, 0.05) is 0 Å². The van der Waals surface area contributed by atoms with Crippen molar-refractivity contribution in [3.63, 3.8) is 0 Å². The van der Waals surface area contributed by atoms with E-state index in [4.69, 9.17) is 15.2 Å². The van der Waals surface area contributed by atoms with Gasteiger partial charge in [-0.1, -0.05) is 5.16 Å². The van der Waals surface area contributed by atoms with Gasteiger partial charge in [-0.25, -0.2) is 4.79 Å². The molecule has 1 N–H and O–H groups in total. The fourth-order valence-corrected chi connectivity index (χ4v) is 0.435. The molecule has 0 radical (unpaired) electrons. The molecule has 0 saturated heterocycles. The summed E-state index contributed by atoms with van der Waals surface area (Å²) in [6.45, 7) is 4.95. The maximum absolute atomic E-state index is 10.9. The lowest BCUT2D eigenvalue weighted by Gasteiger charge is -2.18. The Labute approximate surface area is 70.2 Å². The first-order valence-electron chi connectivity index (χ1n) is 3.26. The second-order valence-electron chi connectivity index (χ2n) is 3.06. The highest BCUT2D eigenvalue weighted by Gasteiger charge is 2.21. The highest BCUT2D eigenvalue weighted by molar-refractivity contribution is 6.42. The third kappa shape index (κ3) is 3.56. The Morgan fingerprint density at radius 1 is 1.58 bits per heavy atom. The van der Waals surface area contributed by atoms with E-state index in [1.165, 1.54) is 6.07 Å². The van der Waals surface area contributed by atoms with E-state index in [0.717, 1.165) is 0 Å². The van der Waals surface area contributed by atoms with E-state index in [1.54, 1.807) is 20.8 Å². The van der Waals surface area contributed by atoms with Gasteiger partial charge in [0.25, 0.3) is 5.71 Å². The maximum atomic E-state index is 10.9.